The van der Waals surface area contributed by atoms with E-state index >= 15 is 0 Å². The largest absolute Gasteiger partial charge is 0.493 e. The van der Waals surface area contributed by atoms with Gasteiger partial charge in [-0.25, -0.2) is 4.98 Å². The van der Waals surface area contributed by atoms with Crippen molar-refractivity contribution in [1.82, 2.24) is 10.3 Å². The van der Waals surface area contributed by atoms with Crippen LogP contribution in [0.3, 0.4) is 0 Å². The number of methoxy groups -OCH3 is 2. The fourth-order valence-electron chi connectivity index (χ4n) is 1.99. The molecule has 0 amide bonds. The van der Waals surface area contributed by atoms with Crippen LogP contribution in [0.25, 0.3) is 0 Å². The lowest BCUT2D eigenvalue weighted by Crippen LogP contribution is -2.18. The molecule has 0 fully saturated rings. The maximum absolute atomic E-state index is 6.34. The summed E-state index contributed by atoms with van der Waals surface area (Å²) in [4.78, 5) is 4.20. The normalized spacial score (nSPS) is 12.2. The maximum Gasteiger partial charge on any atom is 0.211 e. The Balaban J connectivity index is 2.10. The van der Waals surface area contributed by atoms with Gasteiger partial charge in [-0.2, -0.15) is 0 Å². The van der Waals surface area contributed by atoms with Crippen LogP contribution in [0.15, 0.2) is 22.7 Å². The molecule has 1 unspecified atom stereocenters. The molecule has 5 nitrogen and oxygen atoms in total. The number of nitrogens with zero attached hydrogens (tertiary/aromatic N) is 1. The first kappa shape index (κ1) is 15.7. The Bertz CT molecular complexity index is 613. The lowest BCUT2D eigenvalue weighted by Gasteiger charge is -2.15. The van der Waals surface area contributed by atoms with Crippen molar-refractivity contribution in [3.8, 4) is 11.5 Å². The number of aromatic nitrogens is 1. The summed E-state index contributed by atoms with van der Waals surface area (Å²) in [6.45, 7) is 4.43. The number of hydrogen-bond donors (Lipinski definition) is 1. The summed E-state index contributed by atoms with van der Waals surface area (Å²) < 4.78 is 16.0. The van der Waals surface area contributed by atoms with Crippen molar-refractivity contribution in [3.63, 3.8) is 0 Å². The highest BCUT2D eigenvalue weighted by molar-refractivity contribution is 6.33. The Hall–Kier alpha value is -1.72. The van der Waals surface area contributed by atoms with Gasteiger partial charge in [0.15, 0.2) is 11.5 Å². The summed E-state index contributed by atoms with van der Waals surface area (Å²) in [6.07, 6.45) is 1.71. The van der Waals surface area contributed by atoms with Crippen LogP contribution in [-0.4, -0.2) is 19.2 Å². The highest BCUT2D eigenvalue weighted by Crippen LogP contribution is 2.37. The second-order valence-electron chi connectivity index (χ2n) is 4.69. The van der Waals surface area contributed by atoms with Crippen LogP contribution in [0.5, 0.6) is 11.5 Å². The first-order chi connectivity index (χ1) is 10.1. The van der Waals surface area contributed by atoms with Crippen LogP contribution in [0.4, 0.5) is 0 Å². The van der Waals surface area contributed by atoms with Crippen molar-refractivity contribution < 1.29 is 13.9 Å². The van der Waals surface area contributed by atoms with E-state index in [1.54, 1.807) is 20.4 Å². The van der Waals surface area contributed by atoms with Gasteiger partial charge in [0, 0.05) is 6.54 Å². The van der Waals surface area contributed by atoms with Gasteiger partial charge in [-0.05, 0) is 25.5 Å². The molecular weight excluding hydrogens is 292 g/mol. The number of nitrogens with one attached hydrogen (secondary N) is 1. The molecule has 114 valence electrons. The van der Waals surface area contributed by atoms with E-state index in [0.29, 0.717) is 29.0 Å². The van der Waals surface area contributed by atoms with Gasteiger partial charge in [-0.3, -0.25) is 0 Å². The van der Waals surface area contributed by atoms with E-state index in [9.17, 15) is 0 Å². The van der Waals surface area contributed by atoms with Crippen molar-refractivity contribution >= 4 is 11.6 Å². The fourth-order valence-corrected chi connectivity index (χ4v) is 2.29. The van der Waals surface area contributed by atoms with Crippen LogP contribution in [-0.2, 0) is 6.54 Å². The number of aryl methyl sites for hydroxylation is 1. The zero-order valence-electron chi connectivity index (χ0n) is 12.6. The monoisotopic (exact) mass is 310 g/mol. The Morgan fingerprint density at radius 2 is 2.10 bits per heavy atom. The SMILES string of the molecule is COc1ccc(CNC(C)c2ncc(C)o2)c(Cl)c1OC. The molecule has 6 heteroatoms. The molecule has 1 aromatic carbocycles. The molecule has 1 aromatic heterocycles. The van der Waals surface area contributed by atoms with Gasteiger partial charge in [0.05, 0.1) is 31.5 Å². The lowest BCUT2D eigenvalue weighted by atomic mass is 10.2. The average Bonchev–Trinajstić information content (AvgIpc) is 2.92. The van der Waals surface area contributed by atoms with E-state index < -0.39 is 0 Å². The number of benzene rings is 1. The second kappa shape index (κ2) is 6.83. The molecule has 0 bridgehead atoms. The first-order valence-electron chi connectivity index (χ1n) is 6.61. The van der Waals surface area contributed by atoms with Crippen molar-refractivity contribution in [3.05, 3.63) is 40.6 Å². The Labute approximate surface area is 129 Å². The summed E-state index contributed by atoms with van der Waals surface area (Å²) in [5.74, 6) is 2.60. The van der Waals surface area contributed by atoms with Crippen LogP contribution >= 0.6 is 11.6 Å². The molecule has 0 spiro atoms. The Morgan fingerprint density at radius 3 is 2.67 bits per heavy atom. The third-order valence-corrected chi connectivity index (χ3v) is 3.59. The minimum atomic E-state index is -0.0112. The highest BCUT2D eigenvalue weighted by atomic mass is 35.5. The molecule has 0 aliphatic carbocycles. The predicted octanol–water partition coefficient (Wildman–Crippen LogP) is 3.50. The number of rotatable bonds is 6. The number of oxazole rings is 1. The van der Waals surface area contributed by atoms with E-state index in [2.05, 4.69) is 10.3 Å². The zero-order chi connectivity index (χ0) is 15.4. The standard InChI is InChI=1S/C15H19ClN2O3/c1-9-7-18-15(21-9)10(2)17-8-11-5-6-12(19-3)14(20-4)13(11)16/h5-7,10,17H,8H2,1-4H3. The van der Waals surface area contributed by atoms with Gasteiger partial charge in [-0.1, -0.05) is 17.7 Å². The van der Waals surface area contributed by atoms with E-state index in [4.69, 9.17) is 25.5 Å². The lowest BCUT2D eigenvalue weighted by molar-refractivity contribution is 0.354. The minimum Gasteiger partial charge on any atom is -0.493 e. The molecule has 0 aliphatic rings. The molecule has 0 saturated heterocycles. The molecule has 2 aromatic rings. The molecule has 0 saturated carbocycles. The summed E-state index contributed by atoms with van der Waals surface area (Å²) in [5.41, 5.74) is 0.921. The third kappa shape index (κ3) is 3.49. The summed E-state index contributed by atoms with van der Waals surface area (Å²) in [6, 6.07) is 3.73. The predicted molar refractivity (Wildman–Crippen MR) is 81.1 cm³/mol. The second-order valence-corrected chi connectivity index (χ2v) is 5.06. The van der Waals surface area contributed by atoms with Gasteiger partial charge >= 0.3 is 0 Å². The smallest absolute Gasteiger partial charge is 0.211 e. The molecule has 1 heterocycles. The van der Waals surface area contributed by atoms with Crippen LogP contribution in [0.2, 0.25) is 5.02 Å². The summed E-state index contributed by atoms with van der Waals surface area (Å²) in [5, 5.41) is 3.86. The molecule has 0 aliphatic heterocycles. The van der Waals surface area contributed by atoms with E-state index in [0.717, 1.165) is 11.3 Å². The molecule has 1 N–H and O–H groups in total. The van der Waals surface area contributed by atoms with Crippen LogP contribution in [0.1, 0.15) is 30.2 Å². The fraction of sp³-hybridized carbons (Fsp3) is 0.400. The van der Waals surface area contributed by atoms with Crippen molar-refractivity contribution in [2.75, 3.05) is 14.2 Å². The molecule has 21 heavy (non-hydrogen) atoms. The van der Waals surface area contributed by atoms with E-state index in [1.807, 2.05) is 26.0 Å². The van der Waals surface area contributed by atoms with Gasteiger partial charge in [-0.15, -0.1) is 0 Å². The molecule has 0 radical (unpaired) electrons. The molecule has 2 rings (SSSR count). The minimum absolute atomic E-state index is 0.0112. The first-order valence-corrected chi connectivity index (χ1v) is 6.99. The number of ether oxygens (including phenoxy) is 2. The van der Waals surface area contributed by atoms with Gasteiger partial charge < -0.3 is 19.2 Å². The third-order valence-electron chi connectivity index (χ3n) is 3.17. The van der Waals surface area contributed by atoms with E-state index in [-0.39, 0.29) is 6.04 Å². The van der Waals surface area contributed by atoms with Gasteiger partial charge in [0.2, 0.25) is 5.89 Å². The van der Waals surface area contributed by atoms with E-state index in [1.165, 1.54) is 0 Å². The highest BCUT2D eigenvalue weighted by Gasteiger charge is 2.15. The topological polar surface area (TPSA) is 56.5 Å². The van der Waals surface area contributed by atoms with Gasteiger partial charge in [0.1, 0.15) is 5.76 Å². The van der Waals surface area contributed by atoms with Crippen LogP contribution < -0.4 is 14.8 Å². The van der Waals surface area contributed by atoms with Crippen molar-refractivity contribution in [1.29, 1.82) is 0 Å². The van der Waals surface area contributed by atoms with Crippen molar-refractivity contribution in [2.45, 2.75) is 26.4 Å². The quantitative estimate of drug-likeness (QED) is 0.885. The Kier molecular flexibility index (Phi) is 5.09. The number of halogens is 1. The van der Waals surface area contributed by atoms with Crippen molar-refractivity contribution in [2.24, 2.45) is 0 Å². The summed E-state index contributed by atoms with van der Waals surface area (Å²) >= 11 is 6.34. The number of hydrogen-bond acceptors (Lipinski definition) is 5. The molecular formula is C15H19ClN2O3. The maximum atomic E-state index is 6.34. The Morgan fingerprint density at radius 1 is 1.33 bits per heavy atom. The van der Waals surface area contributed by atoms with Gasteiger partial charge in [0.25, 0.3) is 0 Å². The molecule has 1 atom stereocenters. The van der Waals surface area contributed by atoms with Crippen LogP contribution in [0, 0.1) is 6.92 Å². The zero-order valence-corrected chi connectivity index (χ0v) is 13.3. The summed E-state index contributed by atoms with van der Waals surface area (Å²) in [7, 11) is 3.15. The average molecular weight is 311 g/mol.